The van der Waals surface area contributed by atoms with E-state index in [0.717, 1.165) is 27.8 Å². The molecule has 0 saturated carbocycles. The lowest BCUT2D eigenvalue weighted by atomic mass is 9.97. The zero-order valence-corrected chi connectivity index (χ0v) is 27.3. The molecule has 49 heavy (non-hydrogen) atoms. The Balaban J connectivity index is 1.09. The van der Waals surface area contributed by atoms with Gasteiger partial charge in [0.1, 0.15) is 0 Å². The fraction of sp³-hybridized carbons (Fsp3) is 0. The molecule has 0 radical (unpaired) electrons. The first-order valence-corrected chi connectivity index (χ1v) is 17.2. The van der Waals surface area contributed by atoms with Crippen LogP contribution < -0.4 is 0 Å². The van der Waals surface area contributed by atoms with E-state index < -0.39 is 0 Å². The molecule has 2 heterocycles. The number of benzene rings is 7. The topological polar surface area (TPSA) is 38.7 Å². The Bertz CT molecular complexity index is 2520. The van der Waals surface area contributed by atoms with Crippen molar-refractivity contribution < 1.29 is 0 Å². The zero-order chi connectivity index (χ0) is 32.6. The van der Waals surface area contributed by atoms with Crippen molar-refractivity contribution in [1.82, 2.24) is 15.0 Å². The summed E-state index contributed by atoms with van der Waals surface area (Å²) < 4.78 is 2.64. The van der Waals surface area contributed by atoms with Crippen molar-refractivity contribution in [3.8, 4) is 67.5 Å². The van der Waals surface area contributed by atoms with Gasteiger partial charge in [-0.05, 0) is 39.4 Å². The van der Waals surface area contributed by atoms with E-state index >= 15 is 0 Å². The molecule has 0 bridgehead atoms. The summed E-state index contributed by atoms with van der Waals surface area (Å²) in [4.78, 5) is 14.7. The Morgan fingerprint density at radius 1 is 0.286 bits per heavy atom. The lowest BCUT2D eigenvalue weighted by molar-refractivity contribution is 1.07. The average Bonchev–Trinajstić information content (AvgIpc) is 3.58. The van der Waals surface area contributed by atoms with Crippen molar-refractivity contribution in [1.29, 1.82) is 0 Å². The van der Waals surface area contributed by atoms with Gasteiger partial charge in [-0.1, -0.05) is 170 Å². The highest BCUT2D eigenvalue weighted by molar-refractivity contribution is 7.26. The molecule has 0 aliphatic rings. The van der Waals surface area contributed by atoms with Crippen LogP contribution in [0.5, 0.6) is 0 Å². The van der Waals surface area contributed by atoms with E-state index in [1.54, 1.807) is 0 Å². The van der Waals surface area contributed by atoms with E-state index in [0.29, 0.717) is 17.5 Å². The molecular weight excluding hydrogens is 615 g/mol. The summed E-state index contributed by atoms with van der Waals surface area (Å²) in [6.45, 7) is 0. The summed E-state index contributed by atoms with van der Waals surface area (Å²) >= 11 is 1.89. The maximum atomic E-state index is 4.91. The standard InChI is InChI=1S/C45H29N3S/c1-4-13-31(14-5-1)37-21-11-23-39-40-24-12-22-38(42(40)49-41(37)39)36-20-10-19-35(29-36)30-25-27-34(28-26-30)45-47-43(32-15-6-2-7-16-32)46-44(48-45)33-17-8-3-9-18-33/h1-29H. The van der Waals surface area contributed by atoms with Crippen LogP contribution >= 0.6 is 11.3 Å². The average molecular weight is 644 g/mol. The predicted molar refractivity (Wildman–Crippen MR) is 205 cm³/mol. The molecule has 0 fully saturated rings. The van der Waals surface area contributed by atoms with E-state index in [9.17, 15) is 0 Å². The van der Waals surface area contributed by atoms with Gasteiger partial charge in [-0.25, -0.2) is 15.0 Å². The van der Waals surface area contributed by atoms with Gasteiger partial charge in [-0.15, -0.1) is 11.3 Å². The second-order valence-electron chi connectivity index (χ2n) is 12.0. The third kappa shape index (κ3) is 5.48. The third-order valence-corrected chi connectivity index (χ3v) is 10.2. The molecule has 0 aliphatic carbocycles. The summed E-state index contributed by atoms with van der Waals surface area (Å²) in [5, 5.41) is 2.60. The van der Waals surface area contributed by atoms with Gasteiger partial charge in [0.25, 0.3) is 0 Å². The summed E-state index contributed by atoms with van der Waals surface area (Å²) in [6.07, 6.45) is 0. The second-order valence-corrected chi connectivity index (χ2v) is 13.0. The molecule has 0 amide bonds. The van der Waals surface area contributed by atoms with Gasteiger partial charge in [0.2, 0.25) is 0 Å². The molecule has 0 unspecified atom stereocenters. The SMILES string of the molecule is c1ccc(-c2nc(-c3ccccc3)nc(-c3ccc(-c4cccc(-c5cccc6c5sc5c(-c7ccccc7)cccc56)c4)cc3)n2)cc1. The van der Waals surface area contributed by atoms with Crippen LogP contribution in [0.3, 0.4) is 0 Å². The summed E-state index contributed by atoms with van der Waals surface area (Å²) in [6, 6.07) is 61.6. The summed E-state index contributed by atoms with van der Waals surface area (Å²) in [5.74, 6) is 1.97. The van der Waals surface area contributed by atoms with Gasteiger partial charge >= 0.3 is 0 Å². The molecule has 3 nitrogen and oxygen atoms in total. The third-order valence-electron chi connectivity index (χ3n) is 8.96. The number of aromatic nitrogens is 3. The van der Waals surface area contributed by atoms with E-state index in [2.05, 4.69) is 115 Å². The fourth-order valence-electron chi connectivity index (χ4n) is 6.51. The Kier molecular flexibility index (Phi) is 7.34. The van der Waals surface area contributed by atoms with E-state index in [-0.39, 0.29) is 0 Å². The maximum Gasteiger partial charge on any atom is 0.164 e. The Morgan fingerprint density at radius 2 is 0.673 bits per heavy atom. The van der Waals surface area contributed by atoms with E-state index in [1.165, 1.54) is 42.4 Å². The van der Waals surface area contributed by atoms with Crippen LogP contribution in [0.15, 0.2) is 176 Å². The highest BCUT2D eigenvalue weighted by Gasteiger charge is 2.15. The molecule has 0 spiro atoms. The Hall–Kier alpha value is -6.23. The highest BCUT2D eigenvalue weighted by Crippen LogP contribution is 2.44. The van der Waals surface area contributed by atoms with Gasteiger partial charge in [0.15, 0.2) is 17.5 Å². The largest absolute Gasteiger partial charge is 0.208 e. The number of rotatable bonds is 6. The number of nitrogens with zero attached hydrogens (tertiary/aromatic N) is 3. The lowest BCUT2D eigenvalue weighted by Gasteiger charge is -2.10. The van der Waals surface area contributed by atoms with Crippen molar-refractivity contribution in [3.05, 3.63) is 176 Å². The van der Waals surface area contributed by atoms with Crippen LogP contribution in [0, 0.1) is 0 Å². The van der Waals surface area contributed by atoms with Crippen LogP contribution in [0.1, 0.15) is 0 Å². The Morgan fingerprint density at radius 3 is 1.20 bits per heavy atom. The first-order chi connectivity index (χ1) is 24.3. The van der Waals surface area contributed by atoms with Gasteiger partial charge in [-0.2, -0.15) is 0 Å². The normalized spacial score (nSPS) is 11.3. The van der Waals surface area contributed by atoms with Crippen molar-refractivity contribution >= 4 is 31.5 Å². The van der Waals surface area contributed by atoms with E-state index in [4.69, 9.17) is 15.0 Å². The summed E-state index contributed by atoms with van der Waals surface area (Å²) in [5.41, 5.74) is 10.2. The van der Waals surface area contributed by atoms with Crippen molar-refractivity contribution in [2.45, 2.75) is 0 Å². The molecule has 0 atom stereocenters. The minimum atomic E-state index is 0.652. The number of fused-ring (bicyclic) bond motifs is 3. The second kappa shape index (κ2) is 12.4. The fourth-order valence-corrected chi connectivity index (χ4v) is 7.88. The van der Waals surface area contributed by atoms with Gasteiger partial charge in [0.05, 0.1) is 0 Å². The molecule has 0 aliphatic heterocycles. The molecule has 0 saturated heterocycles. The highest BCUT2D eigenvalue weighted by atomic mass is 32.1. The maximum absolute atomic E-state index is 4.91. The number of hydrogen-bond donors (Lipinski definition) is 0. The minimum absolute atomic E-state index is 0.652. The molecule has 2 aromatic heterocycles. The summed E-state index contributed by atoms with van der Waals surface area (Å²) in [7, 11) is 0. The van der Waals surface area contributed by atoms with Crippen LogP contribution in [0.25, 0.3) is 87.7 Å². The first-order valence-electron chi connectivity index (χ1n) is 16.4. The van der Waals surface area contributed by atoms with Crippen LogP contribution in [0.2, 0.25) is 0 Å². The quantitative estimate of drug-likeness (QED) is 0.181. The monoisotopic (exact) mass is 643 g/mol. The molecule has 4 heteroatoms. The van der Waals surface area contributed by atoms with Crippen molar-refractivity contribution in [3.63, 3.8) is 0 Å². The predicted octanol–water partition coefficient (Wildman–Crippen LogP) is 12.2. The Labute approximate surface area is 288 Å². The van der Waals surface area contributed by atoms with Gasteiger partial charge in [-0.3, -0.25) is 0 Å². The smallest absolute Gasteiger partial charge is 0.164 e. The molecule has 9 aromatic rings. The molecule has 7 aromatic carbocycles. The van der Waals surface area contributed by atoms with Crippen molar-refractivity contribution in [2.24, 2.45) is 0 Å². The number of thiophene rings is 1. The molecule has 0 N–H and O–H groups in total. The molecule has 230 valence electrons. The first kappa shape index (κ1) is 29.0. The van der Waals surface area contributed by atoms with Gasteiger partial charge in [0, 0.05) is 36.9 Å². The van der Waals surface area contributed by atoms with Crippen LogP contribution in [-0.4, -0.2) is 15.0 Å². The molecular formula is C45H29N3S. The van der Waals surface area contributed by atoms with Gasteiger partial charge < -0.3 is 0 Å². The molecule has 9 rings (SSSR count). The van der Waals surface area contributed by atoms with Crippen LogP contribution in [-0.2, 0) is 0 Å². The van der Waals surface area contributed by atoms with E-state index in [1.807, 2.05) is 72.0 Å². The zero-order valence-electron chi connectivity index (χ0n) is 26.5. The number of hydrogen-bond acceptors (Lipinski definition) is 4. The lowest BCUT2D eigenvalue weighted by Crippen LogP contribution is -2.00. The van der Waals surface area contributed by atoms with Crippen molar-refractivity contribution in [2.75, 3.05) is 0 Å². The minimum Gasteiger partial charge on any atom is -0.208 e. The van der Waals surface area contributed by atoms with Crippen LogP contribution in [0.4, 0.5) is 0 Å².